The van der Waals surface area contributed by atoms with Gasteiger partial charge in [0.15, 0.2) is 0 Å². The van der Waals surface area contributed by atoms with Crippen LogP contribution < -0.4 is 0 Å². The maximum Gasteiger partial charge on any atom is 0.208 e. The van der Waals surface area contributed by atoms with E-state index in [1.54, 1.807) is 11.3 Å². The molecule has 2 heterocycles. The molecule has 0 saturated heterocycles. The van der Waals surface area contributed by atoms with Gasteiger partial charge in [-0.15, -0.1) is 0 Å². The minimum atomic E-state index is 0.925. The first-order valence-electron chi connectivity index (χ1n) is 4.48. The second-order valence-electron chi connectivity index (χ2n) is 3.55. The fraction of sp³-hybridized carbons (Fsp3) is 0.182. The Kier molecular flexibility index (Phi) is 1.47. The molecule has 70 valence electrons. The Morgan fingerprint density at radius 1 is 1.29 bits per heavy atom. The summed E-state index contributed by atoms with van der Waals surface area (Å²) in [4.78, 5) is 5.25. The predicted molar refractivity (Wildman–Crippen MR) is 58.9 cm³/mol. The molecule has 0 bridgehead atoms. The summed E-state index contributed by atoms with van der Waals surface area (Å²) in [5, 5.41) is 1.16. The number of aromatic nitrogens is 1. The predicted octanol–water partition coefficient (Wildman–Crippen LogP) is 3.66. The van der Waals surface area contributed by atoms with E-state index in [1.165, 1.54) is 11.1 Å². The molecule has 0 spiro atoms. The summed E-state index contributed by atoms with van der Waals surface area (Å²) in [7, 11) is 0. The van der Waals surface area contributed by atoms with Gasteiger partial charge >= 0.3 is 0 Å². The van der Waals surface area contributed by atoms with Gasteiger partial charge < -0.3 is 4.42 Å². The second-order valence-corrected chi connectivity index (χ2v) is 4.36. The maximum absolute atomic E-state index is 5.71. The summed E-state index contributed by atoms with van der Waals surface area (Å²) in [5.41, 5.74) is 6.26. The number of nitrogens with zero attached hydrogens (tertiary/aromatic N) is 1. The second kappa shape index (κ2) is 2.58. The number of rotatable bonds is 0. The van der Waals surface area contributed by atoms with Crippen LogP contribution in [0.2, 0.25) is 0 Å². The monoisotopic (exact) mass is 203 g/mol. The summed E-state index contributed by atoms with van der Waals surface area (Å²) in [6.07, 6.45) is 0. The first kappa shape index (κ1) is 8.00. The van der Waals surface area contributed by atoms with Crippen LogP contribution in [0.5, 0.6) is 0 Å². The Labute approximate surface area is 85.2 Å². The Bertz CT molecular complexity index is 621. The highest BCUT2D eigenvalue weighted by Crippen LogP contribution is 2.32. The van der Waals surface area contributed by atoms with Gasteiger partial charge in [-0.3, -0.25) is 0 Å². The number of fused-ring (bicyclic) bond motifs is 3. The first-order valence-corrected chi connectivity index (χ1v) is 5.36. The third-order valence-electron chi connectivity index (χ3n) is 2.42. The Hall–Kier alpha value is -1.35. The van der Waals surface area contributed by atoms with Crippen LogP contribution in [0.25, 0.3) is 21.4 Å². The third-order valence-corrected chi connectivity index (χ3v) is 3.12. The zero-order valence-corrected chi connectivity index (χ0v) is 8.81. The normalized spacial score (nSPS) is 11.6. The van der Waals surface area contributed by atoms with Crippen molar-refractivity contribution in [2.75, 3.05) is 0 Å². The van der Waals surface area contributed by atoms with E-state index >= 15 is 0 Å². The lowest BCUT2D eigenvalue weighted by Gasteiger charge is -1.96. The van der Waals surface area contributed by atoms with Crippen LogP contribution in [0.15, 0.2) is 22.1 Å². The molecule has 3 rings (SSSR count). The van der Waals surface area contributed by atoms with Crippen LogP contribution in [0.1, 0.15) is 11.1 Å². The number of furan rings is 1. The van der Waals surface area contributed by atoms with Crippen LogP contribution in [0.4, 0.5) is 0 Å². The van der Waals surface area contributed by atoms with Gasteiger partial charge in [-0.25, -0.2) is 4.98 Å². The van der Waals surface area contributed by atoms with E-state index < -0.39 is 0 Å². The van der Waals surface area contributed by atoms with Gasteiger partial charge in [0, 0.05) is 0 Å². The van der Waals surface area contributed by atoms with Crippen LogP contribution in [-0.2, 0) is 0 Å². The van der Waals surface area contributed by atoms with E-state index in [-0.39, 0.29) is 0 Å². The molecule has 2 aromatic heterocycles. The lowest BCUT2D eigenvalue weighted by Crippen LogP contribution is -1.78. The molecule has 3 aromatic rings. The van der Waals surface area contributed by atoms with Crippen LogP contribution >= 0.6 is 11.3 Å². The average Bonchev–Trinajstić information content (AvgIpc) is 2.60. The minimum absolute atomic E-state index is 0.925. The molecule has 1 aromatic carbocycles. The van der Waals surface area contributed by atoms with E-state index in [0.29, 0.717) is 0 Å². The topological polar surface area (TPSA) is 26.0 Å². The molecule has 14 heavy (non-hydrogen) atoms. The summed E-state index contributed by atoms with van der Waals surface area (Å²) >= 11 is 1.55. The fourth-order valence-corrected chi connectivity index (χ4v) is 2.55. The number of benzene rings is 1. The van der Waals surface area contributed by atoms with Gasteiger partial charge in [0.1, 0.15) is 11.1 Å². The van der Waals surface area contributed by atoms with Gasteiger partial charge in [-0.2, -0.15) is 0 Å². The van der Waals surface area contributed by atoms with Crippen molar-refractivity contribution in [1.29, 1.82) is 0 Å². The molecule has 3 heteroatoms. The quantitative estimate of drug-likeness (QED) is 0.557. The molecule has 0 aliphatic carbocycles. The number of thiazole rings is 1. The van der Waals surface area contributed by atoms with Gasteiger partial charge in [0.05, 0.1) is 10.9 Å². The van der Waals surface area contributed by atoms with E-state index in [9.17, 15) is 0 Å². The van der Waals surface area contributed by atoms with Crippen LogP contribution in [0, 0.1) is 13.8 Å². The molecule has 0 unspecified atom stereocenters. The zero-order chi connectivity index (χ0) is 9.71. The maximum atomic E-state index is 5.71. The largest absolute Gasteiger partial charge is 0.444 e. The SMILES string of the molecule is Cc1cc(C)c2c(c1)oc1scnc12. The molecule has 0 aliphatic heterocycles. The molecule has 2 nitrogen and oxygen atoms in total. The van der Waals surface area contributed by atoms with Crippen molar-refractivity contribution in [1.82, 2.24) is 4.98 Å². The number of hydrogen-bond acceptors (Lipinski definition) is 3. The Morgan fingerprint density at radius 3 is 3.00 bits per heavy atom. The Morgan fingerprint density at radius 2 is 2.14 bits per heavy atom. The van der Waals surface area contributed by atoms with Gasteiger partial charge in [-0.05, 0) is 31.0 Å². The smallest absolute Gasteiger partial charge is 0.208 e. The van der Waals surface area contributed by atoms with Gasteiger partial charge in [-0.1, -0.05) is 17.4 Å². The third kappa shape index (κ3) is 0.930. The highest BCUT2D eigenvalue weighted by molar-refractivity contribution is 7.16. The first-order chi connectivity index (χ1) is 6.75. The minimum Gasteiger partial charge on any atom is -0.444 e. The van der Waals surface area contributed by atoms with E-state index in [2.05, 4.69) is 31.0 Å². The Balaban J connectivity index is 2.62. The molecule has 0 aliphatic rings. The summed E-state index contributed by atoms with van der Waals surface area (Å²) < 4.78 is 5.71. The lowest BCUT2D eigenvalue weighted by molar-refractivity contribution is 0.677. The standard InChI is InChI=1S/C11H9NOS/c1-6-3-7(2)9-8(4-6)13-11-10(9)12-5-14-11/h3-5H,1-2H3. The number of hydrogen-bond donors (Lipinski definition) is 0. The molecule has 0 fully saturated rings. The summed E-state index contributed by atoms with van der Waals surface area (Å²) in [6.45, 7) is 4.18. The molecule has 0 radical (unpaired) electrons. The highest BCUT2D eigenvalue weighted by Gasteiger charge is 2.11. The lowest BCUT2D eigenvalue weighted by atomic mass is 10.1. The fourth-order valence-electron chi connectivity index (χ4n) is 1.89. The van der Waals surface area contributed by atoms with Crippen molar-refractivity contribution >= 4 is 32.7 Å². The van der Waals surface area contributed by atoms with E-state index in [0.717, 1.165) is 21.4 Å². The highest BCUT2D eigenvalue weighted by atomic mass is 32.1. The molecule has 0 saturated carbocycles. The summed E-state index contributed by atoms with van der Waals surface area (Å²) in [5.74, 6) is 0. The van der Waals surface area contributed by atoms with Crippen molar-refractivity contribution in [3.8, 4) is 0 Å². The molecule has 0 amide bonds. The van der Waals surface area contributed by atoms with E-state index in [1.807, 2.05) is 5.51 Å². The molecular weight excluding hydrogens is 194 g/mol. The van der Waals surface area contributed by atoms with Crippen molar-refractivity contribution in [3.63, 3.8) is 0 Å². The van der Waals surface area contributed by atoms with Gasteiger partial charge in [0.2, 0.25) is 4.90 Å². The number of aryl methyl sites for hydroxylation is 2. The van der Waals surface area contributed by atoms with Crippen molar-refractivity contribution < 1.29 is 4.42 Å². The van der Waals surface area contributed by atoms with E-state index in [4.69, 9.17) is 4.42 Å². The van der Waals surface area contributed by atoms with Crippen LogP contribution in [0.3, 0.4) is 0 Å². The molecular formula is C11H9NOS. The average molecular weight is 203 g/mol. The molecule has 0 N–H and O–H groups in total. The van der Waals surface area contributed by atoms with Crippen LogP contribution in [-0.4, -0.2) is 4.98 Å². The zero-order valence-electron chi connectivity index (χ0n) is 8.00. The summed E-state index contributed by atoms with van der Waals surface area (Å²) in [6, 6.07) is 4.23. The molecule has 0 atom stereocenters. The van der Waals surface area contributed by atoms with Crippen molar-refractivity contribution in [3.05, 3.63) is 28.8 Å². The van der Waals surface area contributed by atoms with Crippen molar-refractivity contribution in [2.45, 2.75) is 13.8 Å². The van der Waals surface area contributed by atoms with Crippen molar-refractivity contribution in [2.24, 2.45) is 0 Å². The van der Waals surface area contributed by atoms with Gasteiger partial charge in [0.25, 0.3) is 0 Å².